The van der Waals surface area contributed by atoms with Crippen LogP contribution in [0.2, 0.25) is 5.02 Å². The smallest absolute Gasteiger partial charge is 0.350 e. The van der Waals surface area contributed by atoms with Gasteiger partial charge in [0, 0.05) is 11.6 Å². The van der Waals surface area contributed by atoms with Crippen molar-refractivity contribution >= 4 is 28.5 Å². The average molecular weight is 438 g/mol. The van der Waals surface area contributed by atoms with Crippen LogP contribution in [0.15, 0.2) is 41.2 Å². The summed E-state index contributed by atoms with van der Waals surface area (Å²) in [4.78, 5) is 28.9. The minimum atomic E-state index is -4.94. The molecule has 158 valence electrons. The van der Waals surface area contributed by atoms with Crippen LogP contribution in [0.3, 0.4) is 0 Å². The highest BCUT2D eigenvalue weighted by molar-refractivity contribution is 6.30. The van der Waals surface area contributed by atoms with Crippen LogP contribution in [0.4, 0.5) is 13.2 Å². The fourth-order valence-corrected chi connectivity index (χ4v) is 3.21. The molecule has 3 aromatic rings. The van der Waals surface area contributed by atoms with Crippen molar-refractivity contribution in [2.45, 2.75) is 39.5 Å². The van der Waals surface area contributed by atoms with Gasteiger partial charge in [0.05, 0.1) is 11.0 Å². The molecule has 1 aromatic heterocycles. The number of aromatic nitrogens is 2. The Hall–Kier alpha value is -2.87. The first-order valence-electron chi connectivity index (χ1n) is 9.12. The Kier molecular flexibility index (Phi) is 5.90. The van der Waals surface area contributed by atoms with E-state index >= 15 is 0 Å². The van der Waals surface area contributed by atoms with E-state index in [-0.39, 0.29) is 17.6 Å². The quantitative estimate of drug-likeness (QED) is 0.650. The average Bonchev–Trinajstić information content (AvgIpc) is 2.67. The van der Waals surface area contributed by atoms with E-state index in [9.17, 15) is 22.8 Å². The lowest BCUT2D eigenvalue weighted by Crippen LogP contribution is -2.39. The summed E-state index contributed by atoms with van der Waals surface area (Å²) < 4.78 is 41.1. The first-order valence-corrected chi connectivity index (χ1v) is 9.49. The van der Waals surface area contributed by atoms with E-state index in [1.165, 1.54) is 13.0 Å². The number of benzene rings is 2. The summed E-state index contributed by atoms with van der Waals surface area (Å²) in [5.41, 5.74) is -0.468. The predicted octanol–water partition coefficient (Wildman–Crippen LogP) is 4.56. The number of halogens is 4. The Morgan fingerprint density at radius 3 is 2.37 bits per heavy atom. The number of nitrogens with zero attached hydrogens (tertiary/aromatic N) is 2. The lowest BCUT2D eigenvalue weighted by molar-refractivity contribution is -0.142. The monoisotopic (exact) mass is 437 g/mol. The van der Waals surface area contributed by atoms with E-state index in [1.54, 1.807) is 44.2 Å². The number of nitrogens with one attached hydrogen (secondary N) is 1. The number of carbonyl (C=O) groups is 1. The van der Waals surface area contributed by atoms with Gasteiger partial charge in [-0.3, -0.25) is 14.2 Å². The van der Waals surface area contributed by atoms with E-state index in [1.807, 2.05) is 0 Å². The Labute approximate surface area is 175 Å². The molecule has 1 amide bonds. The summed E-state index contributed by atoms with van der Waals surface area (Å²) in [5.74, 6) is -0.592. The molecule has 1 N–H and O–H groups in total. The van der Waals surface area contributed by atoms with E-state index in [0.29, 0.717) is 5.02 Å². The van der Waals surface area contributed by atoms with Gasteiger partial charge in [-0.1, -0.05) is 23.7 Å². The summed E-state index contributed by atoms with van der Waals surface area (Å²) in [5, 5.41) is 3.19. The lowest BCUT2D eigenvalue weighted by atomic mass is 10.1. The number of hydrogen-bond donors (Lipinski definition) is 1. The number of amides is 1. The van der Waals surface area contributed by atoms with Gasteiger partial charge in [0.15, 0.2) is 0 Å². The van der Waals surface area contributed by atoms with Crippen LogP contribution in [-0.4, -0.2) is 15.5 Å². The zero-order valence-corrected chi connectivity index (χ0v) is 17.2. The molecule has 0 fully saturated rings. The Bertz CT molecular complexity index is 1170. The minimum Gasteiger partial charge on any atom is -0.350 e. The molecular weight excluding hydrogens is 419 g/mol. The standard InChI is InChI=1S/C21H19ClF3N3O2/c1-11-8-16-17(9-12(11)2)28(20(30)18(27-16)21(23,24)25)13(3)19(29)26-10-14-4-6-15(22)7-5-14/h4-9,13H,10H2,1-3H3,(H,26,29)/t13-/m1/s1. The summed E-state index contributed by atoms with van der Waals surface area (Å²) in [7, 11) is 0. The third kappa shape index (κ3) is 4.33. The summed E-state index contributed by atoms with van der Waals surface area (Å²) in [6.45, 7) is 5.03. The van der Waals surface area contributed by atoms with Crippen molar-refractivity contribution in [3.8, 4) is 0 Å². The molecule has 2 aromatic carbocycles. The van der Waals surface area contributed by atoms with Gasteiger partial charge in [-0.25, -0.2) is 4.98 Å². The van der Waals surface area contributed by atoms with Crippen LogP contribution in [0.25, 0.3) is 11.0 Å². The van der Waals surface area contributed by atoms with Crippen LogP contribution < -0.4 is 10.9 Å². The van der Waals surface area contributed by atoms with Gasteiger partial charge in [0.2, 0.25) is 11.6 Å². The topological polar surface area (TPSA) is 64.0 Å². The molecule has 3 rings (SSSR count). The van der Waals surface area contributed by atoms with Gasteiger partial charge in [-0.05, 0) is 61.7 Å². The normalized spacial score (nSPS) is 12.8. The van der Waals surface area contributed by atoms with Gasteiger partial charge in [0.1, 0.15) is 6.04 Å². The fourth-order valence-electron chi connectivity index (χ4n) is 3.09. The van der Waals surface area contributed by atoms with Crippen LogP contribution in [0, 0.1) is 13.8 Å². The van der Waals surface area contributed by atoms with Crippen LogP contribution >= 0.6 is 11.6 Å². The van der Waals surface area contributed by atoms with Crippen molar-refractivity contribution in [3.63, 3.8) is 0 Å². The number of carbonyl (C=O) groups excluding carboxylic acids is 1. The maximum atomic E-state index is 13.4. The van der Waals surface area contributed by atoms with E-state index < -0.39 is 29.4 Å². The SMILES string of the molecule is Cc1cc2nc(C(F)(F)F)c(=O)n([C@H](C)C(=O)NCc3ccc(Cl)cc3)c2cc1C. The number of hydrogen-bond acceptors (Lipinski definition) is 3. The second-order valence-electron chi connectivity index (χ2n) is 7.08. The molecule has 0 aliphatic heterocycles. The second kappa shape index (κ2) is 8.10. The van der Waals surface area contributed by atoms with Crippen LogP contribution in [0.1, 0.15) is 35.3 Å². The Balaban J connectivity index is 2.04. The van der Waals surface area contributed by atoms with Crippen molar-refractivity contribution in [1.29, 1.82) is 0 Å². The molecule has 0 unspecified atom stereocenters. The minimum absolute atomic E-state index is 0.00220. The lowest BCUT2D eigenvalue weighted by Gasteiger charge is -2.20. The van der Waals surface area contributed by atoms with Gasteiger partial charge in [-0.15, -0.1) is 0 Å². The number of rotatable bonds is 4. The number of aryl methyl sites for hydroxylation is 2. The van der Waals surface area contributed by atoms with Crippen molar-refractivity contribution in [2.24, 2.45) is 0 Å². The van der Waals surface area contributed by atoms with Crippen molar-refractivity contribution in [1.82, 2.24) is 14.9 Å². The molecule has 0 saturated carbocycles. The highest BCUT2D eigenvalue weighted by Crippen LogP contribution is 2.28. The molecule has 0 aliphatic rings. The Morgan fingerprint density at radius 1 is 1.17 bits per heavy atom. The molecular formula is C21H19ClF3N3O2. The molecule has 1 atom stereocenters. The van der Waals surface area contributed by atoms with Crippen molar-refractivity contribution in [2.75, 3.05) is 0 Å². The van der Waals surface area contributed by atoms with Gasteiger partial charge in [0.25, 0.3) is 5.56 Å². The molecule has 0 saturated heterocycles. The van der Waals surface area contributed by atoms with Crippen molar-refractivity contribution < 1.29 is 18.0 Å². The maximum Gasteiger partial charge on any atom is 0.438 e. The first-order chi connectivity index (χ1) is 14.0. The third-order valence-corrected chi connectivity index (χ3v) is 5.17. The van der Waals surface area contributed by atoms with Crippen LogP contribution in [-0.2, 0) is 17.5 Å². The first kappa shape index (κ1) is 21.8. The summed E-state index contributed by atoms with van der Waals surface area (Å²) >= 11 is 5.83. The fraction of sp³-hybridized carbons (Fsp3) is 0.286. The molecule has 0 spiro atoms. The van der Waals surface area contributed by atoms with Crippen molar-refractivity contribution in [3.05, 3.63) is 74.2 Å². The Morgan fingerprint density at radius 2 is 1.77 bits per heavy atom. The molecule has 1 heterocycles. The van der Waals surface area contributed by atoms with E-state index in [4.69, 9.17) is 11.6 Å². The molecule has 0 bridgehead atoms. The molecule has 9 heteroatoms. The predicted molar refractivity (Wildman–Crippen MR) is 108 cm³/mol. The molecule has 0 aliphatic carbocycles. The molecule has 0 radical (unpaired) electrons. The van der Waals surface area contributed by atoms with Gasteiger partial charge >= 0.3 is 6.18 Å². The van der Waals surface area contributed by atoms with Gasteiger partial charge in [-0.2, -0.15) is 13.2 Å². The highest BCUT2D eigenvalue weighted by atomic mass is 35.5. The summed E-state index contributed by atoms with van der Waals surface area (Å²) in [6.07, 6.45) is -4.94. The number of fused-ring (bicyclic) bond motifs is 1. The van der Waals surface area contributed by atoms with Crippen LogP contribution in [0.5, 0.6) is 0 Å². The van der Waals surface area contributed by atoms with E-state index in [2.05, 4.69) is 10.3 Å². The maximum absolute atomic E-state index is 13.4. The molecule has 30 heavy (non-hydrogen) atoms. The summed E-state index contributed by atoms with van der Waals surface area (Å²) in [6, 6.07) is 8.63. The highest BCUT2D eigenvalue weighted by Gasteiger charge is 2.38. The van der Waals surface area contributed by atoms with E-state index in [0.717, 1.165) is 21.3 Å². The zero-order chi connectivity index (χ0) is 22.2. The second-order valence-corrected chi connectivity index (χ2v) is 7.52. The zero-order valence-electron chi connectivity index (χ0n) is 16.5. The van der Waals surface area contributed by atoms with Gasteiger partial charge < -0.3 is 5.32 Å². The molecule has 5 nitrogen and oxygen atoms in total. The number of alkyl halides is 3. The third-order valence-electron chi connectivity index (χ3n) is 4.92. The largest absolute Gasteiger partial charge is 0.438 e.